The van der Waals surface area contributed by atoms with Crippen molar-refractivity contribution in [2.24, 2.45) is 0 Å². The van der Waals surface area contributed by atoms with Gasteiger partial charge in [0.1, 0.15) is 30.3 Å². The predicted molar refractivity (Wildman–Crippen MR) is 181 cm³/mol. The number of thioether (sulfide) groups is 3. The fraction of sp³-hybridized carbons (Fsp3) is 0.303. The lowest BCUT2D eigenvalue weighted by Gasteiger charge is -2.50. The lowest BCUT2D eigenvalue weighted by molar-refractivity contribution is -0.138. The summed E-state index contributed by atoms with van der Waals surface area (Å²) < 4.78 is 30.1. The van der Waals surface area contributed by atoms with Crippen LogP contribution in [0.5, 0.6) is 11.5 Å². The van der Waals surface area contributed by atoms with E-state index >= 15 is 0 Å². The molecule has 1 amide bonds. The fourth-order valence-electron chi connectivity index (χ4n) is 5.60. The highest BCUT2D eigenvalue weighted by Gasteiger charge is 2.61. The summed E-state index contributed by atoms with van der Waals surface area (Å²) >= 11 is 2.63. The number of anilines is 1. The molecular formula is C33H31NO11S3. The van der Waals surface area contributed by atoms with Gasteiger partial charge in [-0.1, -0.05) is 53.5 Å². The van der Waals surface area contributed by atoms with Crippen molar-refractivity contribution < 1.29 is 52.4 Å². The molecule has 0 saturated heterocycles. The number of benzene rings is 2. The van der Waals surface area contributed by atoms with E-state index in [4.69, 9.17) is 28.4 Å². The predicted octanol–water partition coefficient (Wildman–Crippen LogP) is 4.69. The number of carbonyl (C=O) groups is 5. The van der Waals surface area contributed by atoms with Gasteiger partial charge in [-0.3, -0.25) is 9.69 Å². The molecule has 2 aromatic carbocycles. The maximum atomic E-state index is 14.2. The molecule has 0 bridgehead atoms. The molecule has 0 atom stereocenters. The van der Waals surface area contributed by atoms with Gasteiger partial charge in [0.15, 0.2) is 6.61 Å². The molecule has 3 aliphatic rings. The molecule has 3 heterocycles. The molecule has 0 aliphatic carbocycles. The lowest BCUT2D eigenvalue weighted by atomic mass is 9.83. The summed E-state index contributed by atoms with van der Waals surface area (Å²) in [6.45, 7) is 3.25. The first-order chi connectivity index (χ1) is 22.9. The Morgan fingerprint density at radius 3 is 1.81 bits per heavy atom. The van der Waals surface area contributed by atoms with Crippen LogP contribution in [0.2, 0.25) is 0 Å². The molecule has 0 radical (unpaired) electrons. The average molecular weight is 714 g/mol. The molecule has 252 valence electrons. The highest BCUT2D eigenvalue weighted by molar-refractivity contribution is 8.26. The second kappa shape index (κ2) is 13.6. The number of carbonyl (C=O) groups excluding carboxylic acids is 5. The van der Waals surface area contributed by atoms with E-state index in [1.165, 1.54) is 7.11 Å². The van der Waals surface area contributed by atoms with E-state index in [9.17, 15) is 24.0 Å². The van der Waals surface area contributed by atoms with Crippen LogP contribution in [0.1, 0.15) is 19.4 Å². The van der Waals surface area contributed by atoms with Gasteiger partial charge in [-0.2, -0.15) is 0 Å². The molecule has 12 nitrogen and oxygen atoms in total. The van der Waals surface area contributed by atoms with Crippen molar-refractivity contribution in [3.8, 4) is 11.5 Å². The maximum absolute atomic E-state index is 14.2. The summed E-state index contributed by atoms with van der Waals surface area (Å²) in [5.41, 5.74) is -0.0766. The van der Waals surface area contributed by atoms with Crippen LogP contribution in [0.25, 0.3) is 5.57 Å². The maximum Gasteiger partial charge on any atom is 0.345 e. The molecule has 0 fully saturated rings. The van der Waals surface area contributed by atoms with Crippen molar-refractivity contribution in [2.45, 2.75) is 23.5 Å². The highest BCUT2D eigenvalue weighted by atomic mass is 32.2. The standard InChI is InChI=1S/C33H31NO11S3/c1-32(2)27-22(19-15-18(40-3)13-14-20(19)34(32)21(35)16-45-17-11-9-8-10-12-17)33(23(28(36)41-4)24(46-27)29(37)42-5)47-25(30(38)43-6)26(48-33)31(39)44-7/h8-15H,16H2,1-7H3. The summed E-state index contributed by atoms with van der Waals surface area (Å²) in [6, 6.07) is 13.9. The number of rotatable bonds is 8. The van der Waals surface area contributed by atoms with E-state index in [0.717, 1.165) is 63.7 Å². The zero-order chi connectivity index (χ0) is 35.0. The largest absolute Gasteiger partial charge is 0.497 e. The molecule has 5 rings (SSSR count). The monoisotopic (exact) mass is 713 g/mol. The second-order valence-electron chi connectivity index (χ2n) is 10.7. The van der Waals surface area contributed by atoms with Crippen LogP contribution in [0.3, 0.4) is 0 Å². The van der Waals surface area contributed by atoms with Gasteiger partial charge in [-0.25, -0.2) is 19.2 Å². The molecule has 2 aromatic rings. The Morgan fingerprint density at radius 1 is 0.708 bits per heavy atom. The Kier molecular flexibility index (Phi) is 9.94. The normalized spacial score (nSPS) is 17.4. The molecule has 48 heavy (non-hydrogen) atoms. The summed E-state index contributed by atoms with van der Waals surface area (Å²) in [5, 5.41) is 0. The Balaban J connectivity index is 1.82. The number of hydrogen-bond donors (Lipinski definition) is 0. The smallest absolute Gasteiger partial charge is 0.345 e. The first kappa shape index (κ1) is 35.0. The van der Waals surface area contributed by atoms with Crippen LogP contribution in [0.15, 0.2) is 73.7 Å². The number of fused-ring (bicyclic) bond motifs is 3. The fourth-order valence-corrected chi connectivity index (χ4v) is 10.6. The molecule has 0 N–H and O–H groups in total. The third-order valence-corrected chi connectivity index (χ3v) is 12.4. The zero-order valence-electron chi connectivity index (χ0n) is 27.0. The van der Waals surface area contributed by atoms with E-state index in [0.29, 0.717) is 33.2 Å². The Morgan fingerprint density at radius 2 is 1.27 bits per heavy atom. The van der Waals surface area contributed by atoms with E-state index in [1.807, 2.05) is 6.07 Å². The topological polar surface area (TPSA) is 144 Å². The van der Waals surface area contributed by atoms with E-state index in [2.05, 4.69) is 0 Å². The van der Waals surface area contributed by atoms with Gasteiger partial charge in [0.25, 0.3) is 5.91 Å². The highest BCUT2D eigenvalue weighted by Crippen LogP contribution is 2.71. The molecule has 0 unspecified atom stereocenters. The number of amides is 1. The number of methoxy groups -OCH3 is 5. The van der Waals surface area contributed by atoms with Crippen molar-refractivity contribution in [3.05, 3.63) is 79.3 Å². The third kappa shape index (κ3) is 5.73. The van der Waals surface area contributed by atoms with E-state index < -0.39 is 39.4 Å². The molecule has 3 aliphatic heterocycles. The molecular weight excluding hydrogens is 683 g/mol. The van der Waals surface area contributed by atoms with Crippen LogP contribution < -0.4 is 14.4 Å². The minimum atomic E-state index is -1.71. The number of nitrogens with zero attached hydrogens (tertiary/aromatic N) is 1. The minimum Gasteiger partial charge on any atom is -0.497 e. The van der Waals surface area contributed by atoms with Crippen molar-refractivity contribution in [1.82, 2.24) is 0 Å². The summed E-state index contributed by atoms with van der Waals surface area (Å²) in [6.07, 6.45) is 0. The van der Waals surface area contributed by atoms with Crippen molar-refractivity contribution in [3.63, 3.8) is 0 Å². The first-order valence-corrected chi connectivity index (χ1v) is 16.7. The van der Waals surface area contributed by atoms with Gasteiger partial charge >= 0.3 is 23.9 Å². The second-order valence-corrected chi connectivity index (χ2v) is 14.5. The molecule has 1 spiro atoms. The van der Waals surface area contributed by atoms with Gasteiger partial charge in [-0.05, 0) is 44.2 Å². The molecule has 0 aromatic heterocycles. The first-order valence-electron chi connectivity index (χ1n) is 14.2. The van der Waals surface area contributed by atoms with Crippen molar-refractivity contribution in [1.29, 1.82) is 0 Å². The summed E-state index contributed by atoms with van der Waals surface area (Å²) in [5.74, 6) is -2.98. The number of esters is 4. The van der Waals surface area contributed by atoms with Crippen LogP contribution >= 0.6 is 35.3 Å². The van der Waals surface area contributed by atoms with Crippen LogP contribution in [0, 0.1) is 0 Å². The SMILES string of the molecule is COC(=O)C1=C(C(=O)OC)SC2(S1)C(C(=O)OC)=C(C(=O)OC)SC1=C2c2cc(OC)ccc2N(C(=O)COc2ccccc2)C1(C)C. The van der Waals surface area contributed by atoms with Crippen molar-refractivity contribution in [2.75, 3.05) is 47.1 Å². The van der Waals surface area contributed by atoms with Gasteiger partial charge in [0, 0.05) is 16.0 Å². The average Bonchev–Trinajstić information content (AvgIpc) is 3.49. The van der Waals surface area contributed by atoms with Crippen LogP contribution in [-0.4, -0.2) is 81.6 Å². The van der Waals surface area contributed by atoms with Crippen LogP contribution in [-0.2, 0) is 42.9 Å². The molecule has 0 saturated carbocycles. The lowest BCUT2D eigenvalue weighted by Crippen LogP contribution is -2.55. The van der Waals surface area contributed by atoms with Gasteiger partial charge in [0.05, 0.1) is 52.3 Å². The Labute approximate surface area is 289 Å². The summed E-state index contributed by atoms with van der Waals surface area (Å²) in [4.78, 5) is 69.5. The van der Waals surface area contributed by atoms with Crippen LogP contribution in [0.4, 0.5) is 5.69 Å². The molecule has 15 heteroatoms. The van der Waals surface area contributed by atoms with Gasteiger partial charge in [0.2, 0.25) is 0 Å². The number of ether oxygens (including phenoxy) is 6. The minimum absolute atomic E-state index is 0.143. The van der Waals surface area contributed by atoms with Gasteiger partial charge in [-0.15, -0.1) is 0 Å². The van der Waals surface area contributed by atoms with Crippen molar-refractivity contribution >= 4 is 76.3 Å². The third-order valence-electron chi connectivity index (χ3n) is 7.70. The summed E-state index contributed by atoms with van der Waals surface area (Å²) in [7, 11) is 6.11. The quantitative estimate of drug-likeness (QED) is 0.276. The Hall–Kier alpha value is -4.34. The Bertz CT molecular complexity index is 1790. The zero-order valence-corrected chi connectivity index (χ0v) is 29.4. The number of para-hydroxylation sites is 1. The van der Waals surface area contributed by atoms with Gasteiger partial charge < -0.3 is 28.4 Å². The number of hydrogen-bond acceptors (Lipinski definition) is 14. The van der Waals surface area contributed by atoms with E-state index in [-0.39, 0.29) is 26.9 Å². The van der Waals surface area contributed by atoms with E-state index in [1.54, 1.807) is 61.2 Å².